The predicted octanol–water partition coefficient (Wildman–Crippen LogP) is 4.16. The van der Waals surface area contributed by atoms with Crippen molar-refractivity contribution in [1.29, 1.82) is 0 Å². The van der Waals surface area contributed by atoms with E-state index in [1.807, 2.05) is 12.1 Å². The van der Waals surface area contributed by atoms with Crippen LogP contribution in [0.4, 0.5) is 0 Å². The van der Waals surface area contributed by atoms with Gasteiger partial charge in [0.15, 0.2) is 0 Å². The molecule has 1 aliphatic carbocycles. The maximum Gasteiger partial charge on any atom is 0.119 e. The fraction of sp³-hybridized carbons (Fsp3) is 0.368. The lowest BCUT2D eigenvalue weighted by Gasteiger charge is -2.11. The van der Waals surface area contributed by atoms with E-state index in [4.69, 9.17) is 10.5 Å². The average Bonchev–Trinajstić information content (AvgIpc) is 3.00. The van der Waals surface area contributed by atoms with Gasteiger partial charge in [-0.25, -0.2) is 0 Å². The first-order chi connectivity index (χ1) is 10.3. The molecular weight excluding hydrogens is 258 g/mol. The number of rotatable bonds is 5. The number of nitrogens with two attached hydrogens (primary N) is 1. The molecule has 1 atom stereocenters. The average molecular weight is 281 g/mol. The minimum atomic E-state index is 0.121. The number of aryl methyl sites for hydroxylation is 2. The summed E-state index contributed by atoms with van der Waals surface area (Å²) in [5, 5.41) is 0. The van der Waals surface area contributed by atoms with Crippen molar-refractivity contribution in [1.82, 2.24) is 0 Å². The van der Waals surface area contributed by atoms with Gasteiger partial charge in [-0.2, -0.15) is 0 Å². The second kappa shape index (κ2) is 6.31. The van der Waals surface area contributed by atoms with Crippen LogP contribution in [-0.2, 0) is 19.4 Å². The highest BCUT2D eigenvalue weighted by Crippen LogP contribution is 2.24. The normalized spacial score (nSPS) is 14.8. The van der Waals surface area contributed by atoms with Gasteiger partial charge < -0.3 is 10.5 Å². The lowest BCUT2D eigenvalue weighted by atomic mass is 10.1. The standard InChI is InChI=1S/C19H23NO/c1-2-19(20)16-8-10-18(11-9-16)21-13-14-6-7-15-4-3-5-17(15)12-14/h6-12,19H,2-5,13,20H2,1H3/t19-/m1/s1. The number of fused-ring (bicyclic) bond motifs is 1. The zero-order valence-corrected chi connectivity index (χ0v) is 12.6. The summed E-state index contributed by atoms with van der Waals surface area (Å²) in [4.78, 5) is 0. The van der Waals surface area contributed by atoms with E-state index in [1.54, 1.807) is 0 Å². The molecule has 2 heteroatoms. The van der Waals surface area contributed by atoms with Gasteiger partial charge in [0.2, 0.25) is 0 Å². The van der Waals surface area contributed by atoms with Crippen molar-refractivity contribution in [2.24, 2.45) is 5.73 Å². The van der Waals surface area contributed by atoms with Gasteiger partial charge in [0.05, 0.1) is 0 Å². The Morgan fingerprint density at radius 3 is 2.57 bits per heavy atom. The summed E-state index contributed by atoms with van der Waals surface area (Å²) in [6.07, 6.45) is 4.69. The van der Waals surface area contributed by atoms with Crippen LogP contribution in [0.25, 0.3) is 0 Å². The predicted molar refractivity (Wildman–Crippen MR) is 86.5 cm³/mol. The molecule has 0 spiro atoms. The zero-order valence-electron chi connectivity index (χ0n) is 12.6. The van der Waals surface area contributed by atoms with Crippen LogP contribution in [0.2, 0.25) is 0 Å². The van der Waals surface area contributed by atoms with Gasteiger partial charge in [0.25, 0.3) is 0 Å². The van der Waals surface area contributed by atoms with Gasteiger partial charge in [-0.15, -0.1) is 0 Å². The van der Waals surface area contributed by atoms with Gasteiger partial charge in [0, 0.05) is 6.04 Å². The molecule has 0 aliphatic heterocycles. The molecule has 2 nitrogen and oxygen atoms in total. The summed E-state index contributed by atoms with van der Waals surface area (Å²) in [5.74, 6) is 0.905. The Hall–Kier alpha value is -1.80. The van der Waals surface area contributed by atoms with Gasteiger partial charge >= 0.3 is 0 Å². The van der Waals surface area contributed by atoms with E-state index in [0.29, 0.717) is 6.61 Å². The van der Waals surface area contributed by atoms with Crippen LogP contribution in [0.5, 0.6) is 5.75 Å². The van der Waals surface area contributed by atoms with Crippen molar-refractivity contribution >= 4 is 0 Å². The van der Waals surface area contributed by atoms with E-state index >= 15 is 0 Å². The van der Waals surface area contributed by atoms with E-state index in [0.717, 1.165) is 12.2 Å². The molecule has 0 aromatic heterocycles. The molecular formula is C19H23NO. The SMILES string of the molecule is CC[C@@H](N)c1ccc(OCc2ccc3c(c2)CCC3)cc1. The molecule has 0 bridgehead atoms. The van der Waals surface area contributed by atoms with E-state index in [1.165, 1.54) is 41.5 Å². The molecule has 0 unspecified atom stereocenters. The number of hydrogen-bond acceptors (Lipinski definition) is 2. The molecule has 21 heavy (non-hydrogen) atoms. The van der Waals surface area contributed by atoms with Crippen molar-refractivity contribution in [3.63, 3.8) is 0 Å². The Labute approximate surface area is 126 Å². The third-order valence-corrected chi connectivity index (χ3v) is 4.32. The molecule has 3 rings (SSSR count). The Balaban J connectivity index is 1.62. The van der Waals surface area contributed by atoms with Crippen LogP contribution >= 0.6 is 0 Å². The van der Waals surface area contributed by atoms with E-state index in [2.05, 4.69) is 37.3 Å². The molecule has 2 N–H and O–H groups in total. The first-order valence-corrected chi connectivity index (χ1v) is 7.85. The summed E-state index contributed by atoms with van der Waals surface area (Å²) >= 11 is 0. The molecule has 110 valence electrons. The van der Waals surface area contributed by atoms with E-state index < -0.39 is 0 Å². The first kappa shape index (κ1) is 14.2. The number of benzene rings is 2. The highest BCUT2D eigenvalue weighted by molar-refractivity contribution is 5.35. The zero-order chi connectivity index (χ0) is 14.7. The molecule has 0 radical (unpaired) electrons. The van der Waals surface area contributed by atoms with Gasteiger partial charge in [-0.05, 0) is 60.1 Å². The second-order valence-electron chi connectivity index (χ2n) is 5.83. The largest absolute Gasteiger partial charge is 0.489 e. The molecule has 0 heterocycles. The fourth-order valence-electron chi connectivity index (χ4n) is 2.93. The number of ether oxygens (including phenoxy) is 1. The van der Waals surface area contributed by atoms with Gasteiger partial charge in [-0.1, -0.05) is 37.3 Å². The van der Waals surface area contributed by atoms with Crippen molar-refractivity contribution < 1.29 is 4.74 Å². The van der Waals surface area contributed by atoms with Crippen LogP contribution in [0.1, 0.15) is 48.1 Å². The molecule has 1 aliphatic rings. The lowest BCUT2D eigenvalue weighted by Crippen LogP contribution is -2.08. The Morgan fingerprint density at radius 1 is 1.05 bits per heavy atom. The maximum absolute atomic E-state index is 6.02. The van der Waals surface area contributed by atoms with Gasteiger partial charge in [-0.3, -0.25) is 0 Å². The summed E-state index contributed by atoms with van der Waals surface area (Å²) in [6.45, 7) is 2.73. The quantitative estimate of drug-likeness (QED) is 0.893. The molecule has 2 aromatic carbocycles. The van der Waals surface area contributed by atoms with Crippen molar-refractivity contribution in [3.05, 3.63) is 64.7 Å². The smallest absolute Gasteiger partial charge is 0.119 e. The Bertz CT molecular complexity index is 603. The van der Waals surface area contributed by atoms with Crippen molar-refractivity contribution in [2.45, 2.75) is 45.3 Å². The topological polar surface area (TPSA) is 35.2 Å². The summed E-state index contributed by atoms with van der Waals surface area (Å²) in [6, 6.07) is 15.0. The highest BCUT2D eigenvalue weighted by Gasteiger charge is 2.11. The Kier molecular flexibility index (Phi) is 4.26. The monoisotopic (exact) mass is 281 g/mol. The Morgan fingerprint density at radius 2 is 1.81 bits per heavy atom. The molecule has 0 saturated heterocycles. The molecule has 0 fully saturated rings. The van der Waals surface area contributed by atoms with Crippen LogP contribution in [-0.4, -0.2) is 0 Å². The minimum Gasteiger partial charge on any atom is -0.489 e. The minimum absolute atomic E-state index is 0.121. The summed E-state index contributed by atoms with van der Waals surface area (Å²) in [5.41, 5.74) is 11.5. The lowest BCUT2D eigenvalue weighted by molar-refractivity contribution is 0.306. The van der Waals surface area contributed by atoms with Crippen LogP contribution in [0.3, 0.4) is 0 Å². The maximum atomic E-state index is 6.02. The number of hydrogen-bond donors (Lipinski definition) is 1. The molecule has 2 aromatic rings. The third kappa shape index (κ3) is 3.27. The summed E-state index contributed by atoms with van der Waals surface area (Å²) < 4.78 is 5.88. The molecule has 0 amide bonds. The van der Waals surface area contributed by atoms with Crippen molar-refractivity contribution in [2.75, 3.05) is 0 Å². The van der Waals surface area contributed by atoms with Crippen LogP contribution < -0.4 is 10.5 Å². The highest BCUT2D eigenvalue weighted by atomic mass is 16.5. The van der Waals surface area contributed by atoms with Crippen LogP contribution in [0.15, 0.2) is 42.5 Å². The van der Waals surface area contributed by atoms with Crippen molar-refractivity contribution in [3.8, 4) is 5.75 Å². The molecule has 0 saturated carbocycles. The second-order valence-corrected chi connectivity index (χ2v) is 5.83. The van der Waals surface area contributed by atoms with E-state index in [9.17, 15) is 0 Å². The third-order valence-electron chi connectivity index (χ3n) is 4.32. The first-order valence-electron chi connectivity index (χ1n) is 7.85. The van der Waals surface area contributed by atoms with Gasteiger partial charge in [0.1, 0.15) is 12.4 Å². The van der Waals surface area contributed by atoms with E-state index in [-0.39, 0.29) is 6.04 Å². The summed E-state index contributed by atoms with van der Waals surface area (Å²) in [7, 11) is 0. The fourth-order valence-corrected chi connectivity index (χ4v) is 2.93. The van der Waals surface area contributed by atoms with Crippen LogP contribution in [0, 0.1) is 0 Å².